The third kappa shape index (κ3) is 3.54. The molecule has 2 atom stereocenters. The number of carbonyl (C=O) groups excluding carboxylic acids is 1. The molecule has 26 heavy (non-hydrogen) atoms. The summed E-state index contributed by atoms with van der Waals surface area (Å²) in [6.45, 7) is 2.42. The summed E-state index contributed by atoms with van der Waals surface area (Å²) in [5, 5.41) is 13.6. The van der Waals surface area contributed by atoms with Crippen LogP contribution in [0.1, 0.15) is 25.7 Å². The van der Waals surface area contributed by atoms with Crippen LogP contribution in [0.5, 0.6) is 0 Å². The molecule has 1 spiro atoms. The maximum Gasteiger partial charge on any atom is 0.266 e. The lowest BCUT2D eigenvalue weighted by atomic mass is 9.81. The molecule has 1 saturated carbocycles. The molecule has 1 aromatic heterocycles. The van der Waals surface area contributed by atoms with E-state index >= 15 is 0 Å². The van der Waals surface area contributed by atoms with E-state index in [-0.39, 0.29) is 29.6 Å². The summed E-state index contributed by atoms with van der Waals surface area (Å²) < 4.78 is 13.4. The molecule has 0 radical (unpaired) electrons. The Balaban J connectivity index is 1.41. The quantitative estimate of drug-likeness (QED) is 0.799. The Morgan fingerprint density at radius 3 is 3.04 bits per heavy atom. The van der Waals surface area contributed by atoms with Gasteiger partial charge < -0.3 is 19.5 Å². The summed E-state index contributed by atoms with van der Waals surface area (Å²) in [4.78, 5) is 26.4. The van der Waals surface area contributed by atoms with E-state index in [1.54, 1.807) is 12.3 Å². The minimum atomic E-state index is -0.516. The highest BCUT2D eigenvalue weighted by Crippen LogP contribution is 2.35. The van der Waals surface area contributed by atoms with Crippen LogP contribution >= 0.6 is 0 Å². The fourth-order valence-corrected chi connectivity index (χ4v) is 4.10. The van der Waals surface area contributed by atoms with Gasteiger partial charge in [0.05, 0.1) is 38.5 Å². The normalized spacial score (nSPS) is 34.5. The molecule has 8 nitrogen and oxygen atoms in total. The molecule has 0 bridgehead atoms. The Kier molecular flexibility index (Phi) is 4.81. The molecule has 3 fully saturated rings. The predicted octanol–water partition coefficient (Wildman–Crippen LogP) is -0.209. The van der Waals surface area contributed by atoms with Gasteiger partial charge in [-0.05, 0) is 31.7 Å². The minimum Gasteiger partial charge on any atom is -0.393 e. The molecule has 4 rings (SSSR count). The molecular formula is C18H25N3O5. The molecule has 2 saturated heterocycles. The fourth-order valence-electron chi connectivity index (χ4n) is 4.10. The fraction of sp³-hybridized carbons (Fsp3) is 0.722. The van der Waals surface area contributed by atoms with Gasteiger partial charge in [0, 0.05) is 24.7 Å². The molecule has 8 heteroatoms. The van der Waals surface area contributed by atoms with E-state index in [0.29, 0.717) is 45.7 Å². The molecule has 3 aliphatic rings. The highest BCUT2D eigenvalue weighted by atomic mass is 16.6. The average molecular weight is 363 g/mol. The molecule has 2 unspecified atom stereocenters. The lowest BCUT2D eigenvalue weighted by molar-refractivity contribution is -0.147. The second-order valence-electron chi connectivity index (χ2n) is 7.64. The number of ether oxygens (including phenoxy) is 2. The first-order valence-electron chi connectivity index (χ1n) is 9.29. The van der Waals surface area contributed by atoms with Crippen molar-refractivity contribution in [1.29, 1.82) is 0 Å². The summed E-state index contributed by atoms with van der Waals surface area (Å²) >= 11 is 0. The molecule has 142 valence electrons. The first-order chi connectivity index (χ1) is 12.5. The van der Waals surface area contributed by atoms with Crippen LogP contribution in [0.3, 0.4) is 0 Å². The average Bonchev–Trinajstić information content (AvgIpc) is 2.86. The van der Waals surface area contributed by atoms with Gasteiger partial charge in [0.15, 0.2) is 0 Å². The lowest BCUT2D eigenvalue weighted by Gasteiger charge is -2.37. The molecule has 0 aromatic carbocycles. The van der Waals surface area contributed by atoms with E-state index in [4.69, 9.17) is 9.47 Å². The molecule has 3 heterocycles. The van der Waals surface area contributed by atoms with E-state index < -0.39 is 5.60 Å². The zero-order valence-electron chi connectivity index (χ0n) is 14.7. The summed E-state index contributed by atoms with van der Waals surface area (Å²) in [5.74, 6) is 0.0117. The van der Waals surface area contributed by atoms with Crippen LogP contribution in [0.4, 0.5) is 0 Å². The van der Waals surface area contributed by atoms with Gasteiger partial charge in [-0.1, -0.05) is 0 Å². The molecule has 1 N–H and O–H groups in total. The van der Waals surface area contributed by atoms with Gasteiger partial charge in [-0.25, -0.2) is 4.68 Å². The maximum atomic E-state index is 12.7. The Hall–Kier alpha value is -1.77. The van der Waals surface area contributed by atoms with Crippen LogP contribution in [-0.4, -0.2) is 69.8 Å². The first kappa shape index (κ1) is 17.6. The monoisotopic (exact) mass is 363 g/mol. The summed E-state index contributed by atoms with van der Waals surface area (Å²) in [7, 11) is 0. The topological polar surface area (TPSA) is 93.9 Å². The first-order valence-corrected chi connectivity index (χ1v) is 9.29. The zero-order chi connectivity index (χ0) is 18.1. The Bertz CT molecular complexity index is 717. The summed E-state index contributed by atoms with van der Waals surface area (Å²) in [6.07, 6.45) is 3.82. The van der Waals surface area contributed by atoms with Gasteiger partial charge in [-0.15, -0.1) is 0 Å². The van der Waals surface area contributed by atoms with E-state index in [1.165, 1.54) is 10.7 Å². The number of nitrogens with zero attached hydrogens (tertiary/aromatic N) is 3. The van der Waals surface area contributed by atoms with Gasteiger partial charge >= 0.3 is 0 Å². The van der Waals surface area contributed by atoms with E-state index in [1.807, 2.05) is 4.90 Å². The third-order valence-electron chi connectivity index (χ3n) is 5.62. The molecule has 1 amide bonds. The standard InChI is InChI=1S/C18H25N3O5/c22-14-8-13(9-14)17(24)20-6-7-25-12-18(11-20)4-3-15(26-18)10-21-16(23)2-1-5-19-21/h1-2,5,13-15,22H,3-4,6-12H2. The van der Waals surface area contributed by atoms with Gasteiger partial charge in [0.25, 0.3) is 5.56 Å². The molecule has 2 aliphatic heterocycles. The highest BCUT2D eigenvalue weighted by Gasteiger charge is 2.46. The number of aromatic nitrogens is 2. The number of amides is 1. The molecule has 1 aliphatic carbocycles. The Labute approximate surface area is 151 Å². The van der Waals surface area contributed by atoms with Gasteiger partial charge in [-0.3, -0.25) is 9.59 Å². The van der Waals surface area contributed by atoms with E-state index in [0.717, 1.165) is 12.8 Å². The Morgan fingerprint density at radius 2 is 2.27 bits per heavy atom. The summed E-state index contributed by atoms with van der Waals surface area (Å²) in [6, 6.07) is 3.11. The van der Waals surface area contributed by atoms with Gasteiger partial charge in [0.1, 0.15) is 5.60 Å². The lowest BCUT2D eigenvalue weighted by Crippen LogP contribution is -2.50. The van der Waals surface area contributed by atoms with Crippen LogP contribution in [0.25, 0.3) is 0 Å². The number of hydrogen-bond donors (Lipinski definition) is 1. The van der Waals surface area contributed by atoms with Crippen molar-refractivity contribution in [3.63, 3.8) is 0 Å². The second kappa shape index (κ2) is 7.09. The predicted molar refractivity (Wildman–Crippen MR) is 91.5 cm³/mol. The summed E-state index contributed by atoms with van der Waals surface area (Å²) in [5.41, 5.74) is -0.660. The van der Waals surface area contributed by atoms with Gasteiger partial charge in [0.2, 0.25) is 5.91 Å². The van der Waals surface area contributed by atoms with Crippen molar-refractivity contribution in [2.75, 3.05) is 26.3 Å². The Morgan fingerprint density at radius 1 is 1.42 bits per heavy atom. The van der Waals surface area contributed by atoms with Crippen LogP contribution < -0.4 is 5.56 Å². The number of aliphatic hydroxyl groups excluding tert-OH is 1. The maximum absolute atomic E-state index is 12.7. The van der Waals surface area contributed by atoms with Crippen molar-refractivity contribution in [3.05, 3.63) is 28.7 Å². The number of hydrogen-bond acceptors (Lipinski definition) is 6. The zero-order valence-corrected chi connectivity index (χ0v) is 14.7. The largest absolute Gasteiger partial charge is 0.393 e. The van der Waals surface area contributed by atoms with Crippen molar-refractivity contribution in [2.24, 2.45) is 5.92 Å². The SMILES string of the molecule is O=C(C1CC(O)C1)N1CCOCC2(CCC(Cn3ncccc3=O)O2)C1. The van der Waals surface area contributed by atoms with Crippen molar-refractivity contribution < 1.29 is 19.4 Å². The number of rotatable bonds is 3. The third-order valence-corrected chi connectivity index (χ3v) is 5.62. The van der Waals surface area contributed by atoms with Crippen LogP contribution in [0, 0.1) is 5.92 Å². The number of aliphatic hydroxyl groups is 1. The van der Waals surface area contributed by atoms with Crippen molar-refractivity contribution >= 4 is 5.91 Å². The van der Waals surface area contributed by atoms with E-state index in [2.05, 4.69) is 5.10 Å². The van der Waals surface area contributed by atoms with Crippen molar-refractivity contribution in [2.45, 2.75) is 50.0 Å². The van der Waals surface area contributed by atoms with Crippen LogP contribution in [0.15, 0.2) is 23.1 Å². The van der Waals surface area contributed by atoms with Crippen LogP contribution in [-0.2, 0) is 20.8 Å². The van der Waals surface area contributed by atoms with Crippen LogP contribution in [0.2, 0.25) is 0 Å². The number of carbonyl (C=O) groups is 1. The molecular weight excluding hydrogens is 338 g/mol. The van der Waals surface area contributed by atoms with Gasteiger partial charge in [-0.2, -0.15) is 5.10 Å². The van der Waals surface area contributed by atoms with Crippen molar-refractivity contribution in [3.8, 4) is 0 Å². The highest BCUT2D eigenvalue weighted by molar-refractivity contribution is 5.80. The van der Waals surface area contributed by atoms with Crippen molar-refractivity contribution in [1.82, 2.24) is 14.7 Å². The smallest absolute Gasteiger partial charge is 0.266 e. The second-order valence-corrected chi connectivity index (χ2v) is 7.64. The molecule has 1 aromatic rings. The van der Waals surface area contributed by atoms with E-state index in [9.17, 15) is 14.7 Å². The minimum absolute atomic E-state index is 0.0792.